The van der Waals surface area contributed by atoms with Crippen molar-refractivity contribution in [1.82, 2.24) is 5.01 Å². The zero-order valence-corrected chi connectivity index (χ0v) is 13.8. The molecule has 0 aliphatic carbocycles. The van der Waals surface area contributed by atoms with Gasteiger partial charge in [-0.1, -0.05) is 38.0 Å². The quantitative estimate of drug-likeness (QED) is 0.498. The van der Waals surface area contributed by atoms with Crippen LogP contribution < -0.4 is 5.84 Å². The van der Waals surface area contributed by atoms with Gasteiger partial charge in [-0.05, 0) is 44.2 Å². The predicted octanol–water partition coefficient (Wildman–Crippen LogP) is 2.81. The van der Waals surface area contributed by atoms with Crippen molar-refractivity contribution >= 4 is 5.91 Å². The van der Waals surface area contributed by atoms with Crippen molar-refractivity contribution in [2.45, 2.75) is 53.5 Å². The third kappa shape index (κ3) is 4.83. The molecule has 1 atom stereocenters. The Balaban J connectivity index is 3.01. The minimum atomic E-state index is -0.167. The summed E-state index contributed by atoms with van der Waals surface area (Å²) >= 11 is 0. The summed E-state index contributed by atoms with van der Waals surface area (Å²) in [5.74, 6) is 5.96. The molecule has 0 heterocycles. The van der Waals surface area contributed by atoms with Gasteiger partial charge in [0.1, 0.15) is 0 Å². The molecule has 1 aromatic rings. The van der Waals surface area contributed by atoms with E-state index in [1.54, 1.807) is 0 Å². The van der Waals surface area contributed by atoms with Crippen LogP contribution in [0.5, 0.6) is 0 Å². The van der Waals surface area contributed by atoms with Gasteiger partial charge in [0, 0.05) is 12.2 Å². The first-order valence-corrected chi connectivity index (χ1v) is 7.44. The number of rotatable bonds is 5. The molecule has 0 saturated heterocycles. The average molecular weight is 292 g/mol. The maximum absolute atomic E-state index is 12.6. The van der Waals surface area contributed by atoms with Gasteiger partial charge in [0.05, 0.1) is 6.04 Å². The van der Waals surface area contributed by atoms with Gasteiger partial charge >= 0.3 is 0 Å². The molecule has 4 heteroatoms. The van der Waals surface area contributed by atoms with E-state index < -0.39 is 0 Å². The van der Waals surface area contributed by atoms with E-state index in [2.05, 4.69) is 20.8 Å². The second-order valence-corrected chi connectivity index (χ2v) is 6.84. The molecular weight excluding hydrogens is 264 g/mol. The lowest BCUT2D eigenvalue weighted by Crippen LogP contribution is -2.51. The Morgan fingerprint density at radius 3 is 2.19 bits per heavy atom. The molecule has 0 unspecified atom stereocenters. The summed E-state index contributed by atoms with van der Waals surface area (Å²) in [6.45, 7) is 10.2. The highest BCUT2D eigenvalue weighted by Gasteiger charge is 2.31. The zero-order valence-electron chi connectivity index (χ0n) is 13.8. The van der Waals surface area contributed by atoms with E-state index in [4.69, 9.17) is 10.9 Å². The molecule has 1 aromatic carbocycles. The lowest BCUT2D eigenvalue weighted by Gasteiger charge is -2.37. The molecule has 0 aliphatic heterocycles. The van der Waals surface area contributed by atoms with Gasteiger partial charge < -0.3 is 5.11 Å². The van der Waals surface area contributed by atoms with Crippen LogP contribution in [0.15, 0.2) is 18.2 Å². The molecule has 0 aliphatic rings. The first-order chi connectivity index (χ1) is 9.66. The van der Waals surface area contributed by atoms with Crippen LogP contribution in [0.25, 0.3) is 0 Å². The normalized spacial score (nSPS) is 13.1. The monoisotopic (exact) mass is 292 g/mol. The third-order valence-corrected chi connectivity index (χ3v) is 3.67. The molecule has 3 N–H and O–H groups in total. The lowest BCUT2D eigenvalue weighted by molar-refractivity contribution is 0.0476. The number of aliphatic hydroxyl groups is 1. The highest BCUT2D eigenvalue weighted by Crippen LogP contribution is 2.27. The Bertz CT molecular complexity index is 472. The Morgan fingerprint density at radius 1 is 1.24 bits per heavy atom. The fourth-order valence-electron chi connectivity index (χ4n) is 2.66. The minimum absolute atomic E-state index is 0.109. The number of hydrogen-bond donors (Lipinski definition) is 2. The van der Waals surface area contributed by atoms with Crippen molar-refractivity contribution in [2.24, 2.45) is 11.3 Å². The first-order valence-electron chi connectivity index (χ1n) is 7.44. The number of carbonyl (C=O) groups is 1. The molecule has 0 spiro atoms. The number of hydrazine groups is 1. The molecule has 4 nitrogen and oxygen atoms in total. The van der Waals surface area contributed by atoms with Crippen molar-refractivity contribution < 1.29 is 9.90 Å². The predicted molar refractivity (Wildman–Crippen MR) is 85.8 cm³/mol. The molecule has 0 saturated carbocycles. The van der Waals surface area contributed by atoms with Crippen molar-refractivity contribution in [3.63, 3.8) is 0 Å². The fraction of sp³-hybridized carbons (Fsp3) is 0.588. The summed E-state index contributed by atoms with van der Waals surface area (Å²) in [5, 5.41) is 10.4. The number of aryl methyl sites for hydroxylation is 2. The summed E-state index contributed by atoms with van der Waals surface area (Å²) < 4.78 is 0. The number of nitrogens with zero attached hydrogens (tertiary/aromatic N) is 1. The molecule has 0 aromatic heterocycles. The van der Waals surface area contributed by atoms with Crippen molar-refractivity contribution in [1.29, 1.82) is 0 Å². The van der Waals surface area contributed by atoms with E-state index in [-0.39, 0.29) is 24.0 Å². The van der Waals surface area contributed by atoms with Crippen LogP contribution in [-0.4, -0.2) is 28.7 Å². The topological polar surface area (TPSA) is 66.6 Å². The van der Waals surface area contributed by atoms with Crippen LogP contribution in [0.4, 0.5) is 0 Å². The van der Waals surface area contributed by atoms with Gasteiger partial charge in [0.15, 0.2) is 0 Å². The maximum Gasteiger partial charge on any atom is 0.268 e. The fourth-order valence-corrected chi connectivity index (χ4v) is 2.66. The van der Waals surface area contributed by atoms with Gasteiger partial charge in [-0.2, -0.15) is 0 Å². The smallest absolute Gasteiger partial charge is 0.268 e. The zero-order chi connectivity index (χ0) is 16.2. The Labute approximate surface area is 127 Å². The summed E-state index contributed by atoms with van der Waals surface area (Å²) in [6.07, 6.45) is 1.32. The van der Waals surface area contributed by atoms with E-state index in [0.717, 1.165) is 11.1 Å². The van der Waals surface area contributed by atoms with E-state index in [9.17, 15) is 4.79 Å². The Morgan fingerprint density at radius 2 is 1.76 bits per heavy atom. The minimum Gasteiger partial charge on any atom is -0.396 e. The number of amides is 1. The van der Waals surface area contributed by atoms with Crippen LogP contribution in [0.3, 0.4) is 0 Å². The van der Waals surface area contributed by atoms with Gasteiger partial charge in [-0.15, -0.1) is 0 Å². The van der Waals surface area contributed by atoms with Crippen molar-refractivity contribution in [3.8, 4) is 0 Å². The molecule has 0 fully saturated rings. The number of aliphatic hydroxyl groups excluding tert-OH is 1. The van der Waals surface area contributed by atoms with Gasteiger partial charge in [0.2, 0.25) is 0 Å². The Hall–Kier alpha value is -1.39. The van der Waals surface area contributed by atoms with Gasteiger partial charge in [0.25, 0.3) is 5.91 Å². The molecule has 0 radical (unpaired) electrons. The molecule has 1 rings (SSSR count). The summed E-state index contributed by atoms with van der Waals surface area (Å²) in [4.78, 5) is 12.6. The largest absolute Gasteiger partial charge is 0.396 e. The second kappa shape index (κ2) is 7.05. The SMILES string of the molecule is Cc1cc(C)cc(C(=O)N(N)[C@H](CCCO)C(C)(C)C)c1. The summed E-state index contributed by atoms with van der Waals surface area (Å²) in [5.41, 5.74) is 2.58. The summed E-state index contributed by atoms with van der Waals surface area (Å²) in [7, 11) is 0. The molecule has 21 heavy (non-hydrogen) atoms. The molecule has 0 bridgehead atoms. The number of carbonyl (C=O) groups excluding carboxylic acids is 1. The van der Waals surface area contributed by atoms with Crippen LogP contribution in [0.2, 0.25) is 0 Å². The second-order valence-electron chi connectivity index (χ2n) is 6.84. The van der Waals surface area contributed by atoms with E-state index in [1.807, 2.05) is 32.0 Å². The van der Waals surface area contributed by atoms with Crippen molar-refractivity contribution in [3.05, 3.63) is 34.9 Å². The maximum atomic E-state index is 12.6. The average Bonchev–Trinajstić information content (AvgIpc) is 2.35. The lowest BCUT2D eigenvalue weighted by atomic mass is 9.83. The van der Waals surface area contributed by atoms with E-state index in [0.29, 0.717) is 18.4 Å². The molecule has 1 amide bonds. The highest BCUT2D eigenvalue weighted by molar-refractivity contribution is 5.94. The molecular formula is C17H28N2O2. The highest BCUT2D eigenvalue weighted by atomic mass is 16.3. The Kier molecular flexibility index (Phi) is 5.93. The number of nitrogens with two attached hydrogens (primary N) is 1. The summed E-state index contributed by atoms with van der Waals surface area (Å²) in [6, 6.07) is 5.64. The van der Waals surface area contributed by atoms with E-state index >= 15 is 0 Å². The van der Waals surface area contributed by atoms with Crippen LogP contribution in [-0.2, 0) is 0 Å². The first kappa shape index (κ1) is 17.7. The molecule has 118 valence electrons. The van der Waals surface area contributed by atoms with E-state index in [1.165, 1.54) is 5.01 Å². The van der Waals surface area contributed by atoms with Crippen LogP contribution in [0.1, 0.15) is 55.1 Å². The van der Waals surface area contributed by atoms with Crippen LogP contribution >= 0.6 is 0 Å². The number of benzene rings is 1. The van der Waals surface area contributed by atoms with Gasteiger partial charge in [-0.3, -0.25) is 9.80 Å². The third-order valence-electron chi connectivity index (χ3n) is 3.67. The number of hydrogen-bond acceptors (Lipinski definition) is 3. The standard InChI is InChI=1S/C17H28N2O2/c1-12-9-13(2)11-14(10-12)16(21)19(18)15(7-6-8-20)17(3,4)5/h9-11,15,20H,6-8,18H2,1-5H3/t15-/m1/s1. The van der Waals surface area contributed by atoms with Gasteiger partial charge in [-0.25, -0.2) is 5.84 Å². The van der Waals surface area contributed by atoms with Crippen molar-refractivity contribution in [2.75, 3.05) is 6.61 Å². The van der Waals surface area contributed by atoms with Crippen LogP contribution in [0, 0.1) is 19.3 Å².